The van der Waals surface area contributed by atoms with E-state index in [1.165, 1.54) is 0 Å². The molecule has 0 atom stereocenters. The lowest BCUT2D eigenvalue weighted by atomic mass is 10.3. The minimum absolute atomic E-state index is 0.540. The molecule has 0 saturated carbocycles. The Labute approximate surface area is 111 Å². The predicted molar refractivity (Wildman–Crippen MR) is 73.0 cm³/mol. The summed E-state index contributed by atoms with van der Waals surface area (Å²) in [5, 5.41) is 0.894. The zero-order valence-corrected chi connectivity index (χ0v) is 11.4. The molecule has 94 valence electrons. The quantitative estimate of drug-likeness (QED) is 0.861. The van der Waals surface area contributed by atoms with Crippen molar-refractivity contribution in [3.63, 3.8) is 0 Å². The molecule has 0 aliphatic rings. The fraction of sp³-hybridized carbons (Fsp3) is 0.231. The summed E-state index contributed by atoms with van der Waals surface area (Å²) in [5.74, 6) is 2.07. The van der Waals surface area contributed by atoms with Gasteiger partial charge < -0.3 is 10.5 Å². The molecular formula is C13H15N3OS. The molecular weight excluding hydrogens is 246 g/mol. The molecule has 0 radical (unpaired) electrons. The van der Waals surface area contributed by atoms with Crippen molar-refractivity contribution in [2.24, 2.45) is 0 Å². The molecule has 0 aliphatic carbocycles. The minimum atomic E-state index is 0.540. The second-order valence-electron chi connectivity index (χ2n) is 3.86. The van der Waals surface area contributed by atoms with Crippen LogP contribution in [0.1, 0.15) is 11.4 Å². The van der Waals surface area contributed by atoms with Gasteiger partial charge in [0.2, 0.25) is 0 Å². The number of nitrogens with two attached hydrogens (primary N) is 1. The number of benzene rings is 1. The maximum absolute atomic E-state index is 5.84. The Balaban J connectivity index is 2.27. The number of ether oxygens (including phenoxy) is 1. The number of hydrogen-bond donors (Lipinski definition) is 1. The van der Waals surface area contributed by atoms with E-state index in [2.05, 4.69) is 9.97 Å². The van der Waals surface area contributed by atoms with E-state index in [9.17, 15) is 0 Å². The third-order valence-electron chi connectivity index (χ3n) is 2.52. The first-order chi connectivity index (χ1) is 8.60. The van der Waals surface area contributed by atoms with E-state index in [0.717, 1.165) is 21.2 Å². The Morgan fingerprint density at radius 3 is 2.39 bits per heavy atom. The summed E-state index contributed by atoms with van der Waals surface area (Å²) in [7, 11) is 1.65. The minimum Gasteiger partial charge on any atom is -0.497 e. The van der Waals surface area contributed by atoms with Crippen molar-refractivity contribution in [3.05, 3.63) is 35.7 Å². The topological polar surface area (TPSA) is 61.0 Å². The van der Waals surface area contributed by atoms with E-state index in [0.29, 0.717) is 11.6 Å². The van der Waals surface area contributed by atoms with Crippen LogP contribution in [0.4, 0.5) is 5.82 Å². The van der Waals surface area contributed by atoms with Crippen molar-refractivity contribution in [1.29, 1.82) is 0 Å². The normalized spacial score (nSPS) is 10.4. The van der Waals surface area contributed by atoms with Crippen LogP contribution in [0.15, 0.2) is 34.2 Å². The summed E-state index contributed by atoms with van der Waals surface area (Å²) >= 11 is 1.58. The van der Waals surface area contributed by atoms with E-state index in [-0.39, 0.29) is 0 Å². The Morgan fingerprint density at radius 2 is 1.78 bits per heavy atom. The third kappa shape index (κ3) is 2.73. The molecule has 2 N–H and O–H groups in total. The predicted octanol–water partition coefficient (Wildman–Crippen LogP) is 2.84. The lowest BCUT2D eigenvalue weighted by Crippen LogP contribution is -2.01. The van der Waals surface area contributed by atoms with Gasteiger partial charge in [0.1, 0.15) is 22.4 Å². The smallest absolute Gasteiger partial charge is 0.131 e. The molecule has 2 aromatic rings. The van der Waals surface area contributed by atoms with E-state index in [1.807, 2.05) is 38.1 Å². The lowest BCUT2D eigenvalue weighted by Gasteiger charge is -2.08. The summed E-state index contributed by atoms with van der Waals surface area (Å²) in [6.45, 7) is 3.77. The second kappa shape index (κ2) is 5.27. The number of anilines is 1. The van der Waals surface area contributed by atoms with Crippen molar-refractivity contribution < 1.29 is 4.74 Å². The van der Waals surface area contributed by atoms with Crippen molar-refractivity contribution in [1.82, 2.24) is 9.97 Å². The Kier molecular flexibility index (Phi) is 3.72. The molecule has 2 rings (SSSR count). The largest absolute Gasteiger partial charge is 0.497 e. The van der Waals surface area contributed by atoms with Crippen LogP contribution in [-0.4, -0.2) is 17.1 Å². The Morgan fingerprint density at radius 1 is 1.11 bits per heavy atom. The first-order valence-electron chi connectivity index (χ1n) is 5.53. The van der Waals surface area contributed by atoms with Crippen LogP contribution in [0.5, 0.6) is 5.75 Å². The van der Waals surface area contributed by atoms with Gasteiger partial charge in [-0.15, -0.1) is 0 Å². The van der Waals surface area contributed by atoms with Crippen molar-refractivity contribution >= 4 is 17.6 Å². The van der Waals surface area contributed by atoms with Crippen molar-refractivity contribution in [2.75, 3.05) is 12.8 Å². The highest BCUT2D eigenvalue weighted by Crippen LogP contribution is 2.31. The first-order valence-corrected chi connectivity index (χ1v) is 6.34. The fourth-order valence-corrected chi connectivity index (χ4v) is 2.41. The average molecular weight is 261 g/mol. The van der Waals surface area contributed by atoms with E-state index >= 15 is 0 Å². The number of aryl methyl sites for hydroxylation is 1. The zero-order chi connectivity index (χ0) is 13.1. The molecule has 0 aliphatic heterocycles. The van der Waals surface area contributed by atoms with E-state index < -0.39 is 0 Å². The molecule has 1 heterocycles. The van der Waals surface area contributed by atoms with Crippen LogP contribution >= 0.6 is 11.8 Å². The van der Waals surface area contributed by atoms with Gasteiger partial charge in [-0.1, -0.05) is 11.8 Å². The number of aromatic nitrogens is 2. The second-order valence-corrected chi connectivity index (χ2v) is 4.93. The molecule has 1 aromatic heterocycles. The standard InChI is InChI=1S/C13H15N3OS/c1-8-12(14)15-9(2)16-13(8)18-11-6-4-10(17-3)5-7-11/h4-7H,1-3H3,(H2,14,15,16). The van der Waals surface area contributed by atoms with E-state index in [4.69, 9.17) is 10.5 Å². The van der Waals surface area contributed by atoms with Crippen molar-refractivity contribution in [3.8, 4) is 5.75 Å². The van der Waals surface area contributed by atoms with Crippen LogP contribution in [0.2, 0.25) is 0 Å². The summed E-state index contributed by atoms with van der Waals surface area (Å²) in [4.78, 5) is 9.64. The van der Waals surface area contributed by atoms with Gasteiger partial charge in [0.25, 0.3) is 0 Å². The fourth-order valence-electron chi connectivity index (χ4n) is 1.48. The number of hydrogen-bond acceptors (Lipinski definition) is 5. The number of nitrogen functional groups attached to an aromatic ring is 1. The molecule has 4 nitrogen and oxygen atoms in total. The van der Waals surface area contributed by atoms with Crippen LogP contribution in [-0.2, 0) is 0 Å². The molecule has 1 aromatic carbocycles. The molecule has 0 saturated heterocycles. The van der Waals surface area contributed by atoms with Crippen LogP contribution in [0.25, 0.3) is 0 Å². The van der Waals surface area contributed by atoms with E-state index in [1.54, 1.807) is 18.9 Å². The van der Waals surface area contributed by atoms with Crippen LogP contribution < -0.4 is 10.5 Å². The molecule has 5 heteroatoms. The van der Waals surface area contributed by atoms with Gasteiger partial charge in [0, 0.05) is 10.5 Å². The Hall–Kier alpha value is -1.75. The molecule has 0 unspecified atom stereocenters. The highest BCUT2D eigenvalue weighted by Gasteiger charge is 2.08. The first kappa shape index (κ1) is 12.7. The molecule has 0 spiro atoms. The van der Waals surface area contributed by atoms with Crippen LogP contribution in [0.3, 0.4) is 0 Å². The van der Waals surface area contributed by atoms with Gasteiger partial charge >= 0.3 is 0 Å². The van der Waals surface area contributed by atoms with Gasteiger partial charge in [-0.2, -0.15) is 0 Å². The summed E-state index contributed by atoms with van der Waals surface area (Å²) in [6.07, 6.45) is 0. The molecule has 18 heavy (non-hydrogen) atoms. The highest BCUT2D eigenvalue weighted by atomic mass is 32.2. The Bertz CT molecular complexity index is 555. The monoisotopic (exact) mass is 261 g/mol. The molecule has 0 bridgehead atoms. The molecule has 0 amide bonds. The number of methoxy groups -OCH3 is 1. The number of rotatable bonds is 3. The van der Waals surface area contributed by atoms with Gasteiger partial charge in [-0.05, 0) is 38.1 Å². The van der Waals surface area contributed by atoms with Gasteiger partial charge in [-0.25, -0.2) is 9.97 Å². The van der Waals surface area contributed by atoms with Gasteiger partial charge in [-0.3, -0.25) is 0 Å². The summed E-state index contributed by atoms with van der Waals surface area (Å²) in [5.41, 5.74) is 6.75. The summed E-state index contributed by atoms with van der Waals surface area (Å²) in [6, 6.07) is 7.84. The average Bonchev–Trinajstić information content (AvgIpc) is 2.36. The number of nitrogens with zero attached hydrogens (tertiary/aromatic N) is 2. The van der Waals surface area contributed by atoms with Crippen molar-refractivity contribution in [2.45, 2.75) is 23.8 Å². The maximum Gasteiger partial charge on any atom is 0.131 e. The summed E-state index contributed by atoms with van der Waals surface area (Å²) < 4.78 is 5.13. The third-order valence-corrected chi connectivity index (χ3v) is 3.62. The zero-order valence-electron chi connectivity index (χ0n) is 10.6. The van der Waals surface area contributed by atoms with Gasteiger partial charge in [0.15, 0.2) is 0 Å². The molecule has 0 fully saturated rings. The highest BCUT2D eigenvalue weighted by molar-refractivity contribution is 7.99. The van der Waals surface area contributed by atoms with Gasteiger partial charge in [0.05, 0.1) is 7.11 Å². The van der Waals surface area contributed by atoms with Crippen LogP contribution in [0, 0.1) is 13.8 Å². The SMILES string of the molecule is COc1ccc(Sc2nc(C)nc(N)c2C)cc1. The maximum atomic E-state index is 5.84. The lowest BCUT2D eigenvalue weighted by molar-refractivity contribution is 0.414.